The molecule has 4 heteroatoms. The Morgan fingerprint density at radius 3 is 2.83 bits per heavy atom. The first-order valence-corrected chi connectivity index (χ1v) is 6.68. The van der Waals surface area contributed by atoms with Crippen molar-refractivity contribution in [3.05, 3.63) is 29.0 Å². The summed E-state index contributed by atoms with van der Waals surface area (Å²) in [6.07, 6.45) is 2.11. The largest absolute Gasteiger partial charge is 0.488 e. The van der Waals surface area contributed by atoms with Crippen molar-refractivity contribution >= 4 is 11.6 Å². The Labute approximate surface area is 112 Å². The van der Waals surface area contributed by atoms with Crippen LogP contribution in [0.1, 0.15) is 26.7 Å². The number of hydrogen-bond acceptors (Lipinski definition) is 2. The van der Waals surface area contributed by atoms with Gasteiger partial charge in [0.25, 0.3) is 0 Å². The second kappa shape index (κ2) is 5.06. The van der Waals surface area contributed by atoms with Crippen molar-refractivity contribution < 1.29 is 9.13 Å². The number of nitrogens with one attached hydrogen (secondary N) is 1. The van der Waals surface area contributed by atoms with E-state index < -0.39 is 0 Å². The molecule has 0 saturated heterocycles. The third kappa shape index (κ3) is 2.21. The van der Waals surface area contributed by atoms with E-state index in [-0.39, 0.29) is 17.3 Å². The Hall–Kier alpha value is -0.800. The minimum Gasteiger partial charge on any atom is -0.488 e. The maximum atomic E-state index is 13.0. The molecule has 2 nitrogen and oxygen atoms in total. The first-order chi connectivity index (χ1) is 8.51. The Morgan fingerprint density at radius 1 is 1.56 bits per heavy atom. The molecule has 0 spiro atoms. The van der Waals surface area contributed by atoms with Crippen LogP contribution in [0.2, 0.25) is 5.02 Å². The predicted molar refractivity (Wildman–Crippen MR) is 71.7 cm³/mol. The average molecular weight is 272 g/mol. The van der Waals surface area contributed by atoms with Gasteiger partial charge in [0, 0.05) is 17.9 Å². The van der Waals surface area contributed by atoms with E-state index in [0.29, 0.717) is 16.8 Å². The highest BCUT2D eigenvalue weighted by atomic mass is 35.5. The van der Waals surface area contributed by atoms with Crippen LogP contribution >= 0.6 is 11.6 Å². The van der Waals surface area contributed by atoms with Gasteiger partial charge in [-0.15, -0.1) is 0 Å². The zero-order valence-electron chi connectivity index (χ0n) is 11.0. The Bertz CT molecular complexity index is 440. The molecular weight excluding hydrogens is 253 g/mol. The summed E-state index contributed by atoms with van der Waals surface area (Å²) in [6.45, 7) is 4.37. The van der Waals surface area contributed by atoms with E-state index in [2.05, 4.69) is 19.2 Å². The molecule has 3 atom stereocenters. The van der Waals surface area contributed by atoms with Gasteiger partial charge in [0.2, 0.25) is 0 Å². The number of halogens is 2. The normalized spacial score (nSPS) is 30.9. The maximum Gasteiger partial charge on any atom is 0.138 e. The lowest BCUT2D eigenvalue weighted by atomic mass is 9.61. The molecule has 0 aromatic heterocycles. The zero-order valence-corrected chi connectivity index (χ0v) is 11.7. The van der Waals surface area contributed by atoms with Crippen LogP contribution in [-0.4, -0.2) is 19.2 Å². The van der Waals surface area contributed by atoms with E-state index in [1.165, 1.54) is 12.1 Å². The van der Waals surface area contributed by atoms with Gasteiger partial charge in [-0.1, -0.05) is 25.4 Å². The van der Waals surface area contributed by atoms with E-state index in [1.807, 2.05) is 7.05 Å². The molecule has 1 aliphatic carbocycles. The fraction of sp³-hybridized carbons (Fsp3) is 0.571. The predicted octanol–water partition coefficient (Wildman–Crippen LogP) is 3.63. The molecule has 2 rings (SSSR count). The first-order valence-electron chi connectivity index (χ1n) is 6.30. The lowest BCUT2D eigenvalue weighted by Gasteiger charge is -2.53. The SMILES string of the molecule is CCC1(C)C(NC)CC1Oc1ccc(F)cc1Cl. The monoisotopic (exact) mass is 271 g/mol. The van der Waals surface area contributed by atoms with Crippen LogP contribution < -0.4 is 10.1 Å². The van der Waals surface area contributed by atoms with Crippen molar-refractivity contribution in [2.24, 2.45) is 5.41 Å². The fourth-order valence-corrected chi connectivity index (χ4v) is 2.86. The molecule has 0 amide bonds. The number of ether oxygens (including phenoxy) is 1. The van der Waals surface area contributed by atoms with Crippen LogP contribution in [0.5, 0.6) is 5.75 Å². The molecule has 0 radical (unpaired) electrons. The molecule has 1 fully saturated rings. The molecule has 0 aliphatic heterocycles. The van der Waals surface area contributed by atoms with E-state index in [9.17, 15) is 4.39 Å². The van der Waals surface area contributed by atoms with Gasteiger partial charge in [0.1, 0.15) is 17.7 Å². The summed E-state index contributed by atoms with van der Waals surface area (Å²) >= 11 is 5.98. The average Bonchev–Trinajstić information content (AvgIpc) is 2.35. The number of benzene rings is 1. The second-order valence-electron chi connectivity index (χ2n) is 5.12. The zero-order chi connectivity index (χ0) is 13.3. The van der Waals surface area contributed by atoms with Crippen LogP contribution in [0.4, 0.5) is 4.39 Å². The lowest BCUT2D eigenvalue weighted by molar-refractivity contribution is -0.0677. The molecular formula is C14H19ClFNO. The summed E-state index contributed by atoms with van der Waals surface area (Å²) in [6, 6.07) is 4.72. The number of hydrogen-bond donors (Lipinski definition) is 1. The first kappa shape index (κ1) is 13.6. The minimum absolute atomic E-state index is 0.104. The molecule has 1 aromatic carbocycles. The summed E-state index contributed by atoms with van der Waals surface area (Å²) < 4.78 is 18.9. The van der Waals surface area contributed by atoms with Crippen LogP contribution in [0, 0.1) is 11.2 Å². The van der Waals surface area contributed by atoms with Gasteiger partial charge in [0.15, 0.2) is 0 Å². The van der Waals surface area contributed by atoms with Gasteiger partial charge < -0.3 is 10.1 Å². The van der Waals surface area contributed by atoms with E-state index in [1.54, 1.807) is 6.07 Å². The van der Waals surface area contributed by atoms with Crippen molar-refractivity contribution in [1.29, 1.82) is 0 Å². The second-order valence-corrected chi connectivity index (χ2v) is 5.52. The molecule has 3 unspecified atom stereocenters. The van der Waals surface area contributed by atoms with Gasteiger partial charge in [-0.25, -0.2) is 4.39 Å². The van der Waals surface area contributed by atoms with Gasteiger partial charge in [-0.2, -0.15) is 0 Å². The highest BCUT2D eigenvalue weighted by Gasteiger charge is 2.51. The van der Waals surface area contributed by atoms with Crippen molar-refractivity contribution in [2.75, 3.05) is 7.05 Å². The third-order valence-electron chi connectivity index (χ3n) is 4.25. The molecule has 1 aromatic rings. The molecule has 100 valence electrons. The third-order valence-corrected chi connectivity index (χ3v) is 4.55. The number of rotatable bonds is 4. The van der Waals surface area contributed by atoms with E-state index in [0.717, 1.165) is 12.8 Å². The molecule has 0 heterocycles. The Balaban J connectivity index is 2.11. The summed E-state index contributed by atoms with van der Waals surface area (Å²) in [5, 5.41) is 3.64. The standard InChI is InChI=1S/C14H19ClFNO/c1-4-14(2)12(17-3)8-13(14)18-11-6-5-9(16)7-10(11)15/h5-7,12-13,17H,4,8H2,1-3H3. The van der Waals surface area contributed by atoms with Gasteiger partial charge >= 0.3 is 0 Å². The van der Waals surface area contributed by atoms with Gasteiger partial charge in [-0.3, -0.25) is 0 Å². The summed E-state index contributed by atoms with van der Waals surface area (Å²) in [5.74, 6) is 0.226. The highest BCUT2D eigenvalue weighted by Crippen LogP contribution is 2.46. The maximum absolute atomic E-state index is 13.0. The molecule has 1 aliphatic rings. The highest BCUT2D eigenvalue weighted by molar-refractivity contribution is 6.32. The topological polar surface area (TPSA) is 21.3 Å². The Kier molecular flexibility index (Phi) is 3.83. The van der Waals surface area contributed by atoms with Gasteiger partial charge in [-0.05, 0) is 31.7 Å². The van der Waals surface area contributed by atoms with E-state index >= 15 is 0 Å². The molecule has 18 heavy (non-hydrogen) atoms. The van der Waals surface area contributed by atoms with Crippen molar-refractivity contribution in [2.45, 2.75) is 38.8 Å². The lowest BCUT2D eigenvalue weighted by Crippen LogP contribution is -2.62. The van der Waals surface area contributed by atoms with Crippen LogP contribution in [-0.2, 0) is 0 Å². The smallest absolute Gasteiger partial charge is 0.138 e. The summed E-state index contributed by atoms with van der Waals surface area (Å²) in [4.78, 5) is 0. The molecule has 1 saturated carbocycles. The van der Waals surface area contributed by atoms with Crippen LogP contribution in [0.3, 0.4) is 0 Å². The Morgan fingerprint density at radius 2 is 2.28 bits per heavy atom. The van der Waals surface area contributed by atoms with Crippen molar-refractivity contribution in [3.63, 3.8) is 0 Å². The minimum atomic E-state index is -0.340. The van der Waals surface area contributed by atoms with Crippen molar-refractivity contribution in [1.82, 2.24) is 5.32 Å². The summed E-state index contributed by atoms with van der Waals surface area (Å²) in [5.41, 5.74) is 0.104. The van der Waals surface area contributed by atoms with Crippen LogP contribution in [0.15, 0.2) is 18.2 Å². The van der Waals surface area contributed by atoms with Gasteiger partial charge in [0.05, 0.1) is 5.02 Å². The fourth-order valence-electron chi connectivity index (χ4n) is 2.64. The van der Waals surface area contributed by atoms with Crippen LogP contribution in [0.25, 0.3) is 0 Å². The molecule has 0 bridgehead atoms. The van der Waals surface area contributed by atoms with E-state index in [4.69, 9.17) is 16.3 Å². The van der Waals surface area contributed by atoms with Crippen molar-refractivity contribution in [3.8, 4) is 5.75 Å². The molecule has 1 N–H and O–H groups in total. The summed E-state index contributed by atoms with van der Waals surface area (Å²) in [7, 11) is 1.97. The quantitative estimate of drug-likeness (QED) is 0.903.